The molecule has 1 amide bonds. The standard InChI is InChI=1S/C22H20F3N5O4/c1-14(19(31)27-15-4-6-16(7-5-15)34-22(23,24)25)29-8-10-30(11-9-29)21-17(13-26)28-20(33-21)18-3-2-12-32-18/h2-7,12,14H,8-11H2,1H3,(H,27,31)/t14-/m0/s1. The molecule has 3 heterocycles. The Labute approximate surface area is 192 Å². The number of furan rings is 1. The number of benzene rings is 1. The van der Waals surface area contributed by atoms with Crippen LogP contribution in [0.5, 0.6) is 5.75 Å². The van der Waals surface area contributed by atoms with Crippen LogP contribution in [0.3, 0.4) is 0 Å². The summed E-state index contributed by atoms with van der Waals surface area (Å²) in [5.41, 5.74) is 0.513. The summed E-state index contributed by atoms with van der Waals surface area (Å²) in [5.74, 6) is 0.333. The van der Waals surface area contributed by atoms with Gasteiger partial charge in [-0.05, 0) is 43.3 Å². The number of ether oxygens (including phenoxy) is 1. The molecule has 1 atom stereocenters. The van der Waals surface area contributed by atoms with Crippen molar-refractivity contribution in [3.63, 3.8) is 0 Å². The van der Waals surface area contributed by atoms with Crippen molar-refractivity contribution >= 4 is 17.5 Å². The lowest BCUT2D eigenvalue weighted by atomic mass is 10.2. The van der Waals surface area contributed by atoms with Crippen LogP contribution in [0.4, 0.5) is 24.7 Å². The normalized spacial score (nSPS) is 15.6. The summed E-state index contributed by atoms with van der Waals surface area (Å²) in [6.45, 7) is 3.80. The fourth-order valence-corrected chi connectivity index (χ4v) is 3.57. The Kier molecular flexibility index (Phi) is 6.47. The number of carbonyl (C=O) groups is 1. The zero-order chi connectivity index (χ0) is 24.3. The molecule has 9 nitrogen and oxygen atoms in total. The number of nitriles is 1. The van der Waals surface area contributed by atoms with Crippen LogP contribution in [0.15, 0.2) is 51.5 Å². The first kappa shape index (κ1) is 23.2. The minimum Gasteiger partial charge on any atom is -0.459 e. The van der Waals surface area contributed by atoms with Gasteiger partial charge in [0.2, 0.25) is 17.5 Å². The summed E-state index contributed by atoms with van der Waals surface area (Å²) in [4.78, 5) is 20.7. The lowest BCUT2D eigenvalue weighted by Gasteiger charge is -2.37. The fourth-order valence-electron chi connectivity index (χ4n) is 3.57. The number of aromatic nitrogens is 1. The van der Waals surface area contributed by atoms with Gasteiger partial charge in [0.05, 0.1) is 12.3 Å². The number of anilines is 2. The molecule has 1 aliphatic rings. The van der Waals surface area contributed by atoms with Crippen molar-refractivity contribution in [3.8, 4) is 23.5 Å². The van der Waals surface area contributed by atoms with Gasteiger partial charge in [0.15, 0.2) is 5.76 Å². The van der Waals surface area contributed by atoms with E-state index in [0.29, 0.717) is 43.5 Å². The molecule has 12 heteroatoms. The predicted octanol–water partition coefficient (Wildman–Crippen LogP) is 3.85. The number of nitrogens with one attached hydrogen (secondary N) is 1. The molecular formula is C22H20F3N5O4. The summed E-state index contributed by atoms with van der Waals surface area (Å²) in [6.07, 6.45) is -3.29. The topological polar surface area (TPSA) is 108 Å². The third-order valence-electron chi connectivity index (χ3n) is 5.33. The van der Waals surface area contributed by atoms with Gasteiger partial charge >= 0.3 is 6.36 Å². The Morgan fingerprint density at radius 2 is 1.91 bits per heavy atom. The van der Waals surface area contributed by atoms with Gasteiger partial charge in [-0.15, -0.1) is 13.2 Å². The van der Waals surface area contributed by atoms with E-state index in [1.165, 1.54) is 18.4 Å². The lowest BCUT2D eigenvalue weighted by molar-refractivity contribution is -0.274. The molecule has 1 fully saturated rings. The quantitative estimate of drug-likeness (QED) is 0.573. The summed E-state index contributed by atoms with van der Waals surface area (Å²) in [5, 5.41) is 12.1. The van der Waals surface area contributed by atoms with Crippen LogP contribution >= 0.6 is 0 Å². The van der Waals surface area contributed by atoms with Crippen molar-refractivity contribution in [3.05, 3.63) is 48.4 Å². The number of alkyl halides is 3. The highest BCUT2D eigenvalue weighted by molar-refractivity contribution is 5.94. The largest absolute Gasteiger partial charge is 0.573 e. The highest BCUT2D eigenvalue weighted by Crippen LogP contribution is 2.29. The first-order valence-corrected chi connectivity index (χ1v) is 10.3. The van der Waals surface area contributed by atoms with Gasteiger partial charge in [-0.2, -0.15) is 10.2 Å². The molecule has 0 spiro atoms. The zero-order valence-electron chi connectivity index (χ0n) is 18.0. The Hall–Kier alpha value is -3.98. The smallest absolute Gasteiger partial charge is 0.459 e. The molecule has 34 heavy (non-hydrogen) atoms. The van der Waals surface area contributed by atoms with Gasteiger partial charge in [0.1, 0.15) is 11.8 Å². The Balaban J connectivity index is 1.33. The number of hydrogen-bond donors (Lipinski definition) is 1. The minimum absolute atomic E-state index is 0.156. The van der Waals surface area contributed by atoms with Crippen LogP contribution in [-0.4, -0.2) is 54.4 Å². The lowest BCUT2D eigenvalue weighted by Crippen LogP contribution is -2.52. The summed E-state index contributed by atoms with van der Waals surface area (Å²) in [6, 6.07) is 9.87. The number of piperazine rings is 1. The maximum Gasteiger partial charge on any atom is 0.573 e. The maximum absolute atomic E-state index is 12.7. The van der Waals surface area contributed by atoms with Crippen molar-refractivity contribution in [1.82, 2.24) is 9.88 Å². The molecule has 4 rings (SSSR count). The van der Waals surface area contributed by atoms with Gasteiger partial charge < -0.3 is 23.8 Å². The van der Waals surface area contributed by atoms with Crippen LogP contribution in [0, 0.1) is 11.3 Å². The number of carbonyl (C=O) groups excluding carboxylic acids is 1. The van der Waals surface area contributed by atoms with Crippen LogP contribution in [0.25, 0.3) is 11.7 Å². The first-order valence-electron chi connectivity index (χ1n) is 10.3. The zero-order valence-corrected chi connectivity index (χ0v) is 18.0. The van der Waals surface area contributed by atoms with E-state index in [4.69, 9.17) is 8.83 Å². The Morgan fingerprint density at radius 3 is 2.50 bits per heavy atom. The SMILES string of the molecule is C[C@@H](C(=O)Nc1ccc(OC(F)(F)F)cc1)N1CCN(c2oc(-c3ccco3)nc2C#N)CC1. The van der Waals surface area contributed by atoms with E-state index < -0.39 is 12.4 Å². The van der Waals surface area contributed by atoms with Crippen LogP contribution in [0.1, 0.15) is 12.6 Å². The first-order chi connectivity index (χ1) is 16.2. The summed E-state index contributed by atoms with van der Waals surface area (Å²) >= 11 is 0. The van der Waals surface area contributed by atoms with Gasteiger partial charge in [-0.25, -0.2) is 0 Å². The molecule has 1 N–H and O–H groups in total. The van der Waals surface area contributed by atoms with E-state index in [1.54, 1.807) is 19.1 Å². The predicted molar refractivity (Wildman–Crippen MR) is 114 cm³/mol. The third kappa shape index (κ3) is 5.32. The van der Waals surface area contributed by atoms with Crippen molar-refractivity contribution in [2.24, 2.45) is 0 Å². The molecule has 0 aliphatic carbocycles. The van der Waals surface area contributed by atoms with Gasteiger partial charge in [0.25, 0.3) is 5.89 Å². The van der Waals surface area contributed by atoms with Crippen molar-refractivity contribution in [1.29, 1.82) is 5.26 Å². The number of oxazole rings is 1. The van der Waals surface area contributed by atoms with Crippen molar-refractivity contribution < 1.29 is 31.5 Å². The second-order valence-electron chi connectivity index (χ2n) is 7.52. The molecule has 1 saturated heterocycles. The molecule has 1 aromatic carbocycles. The summed E-state index contributed by atoms with van der Waals surface area (Å²) in [7, 11) is 0. The monoisotopic (exact) mass is 475 g/mol. The minimum atomic E-state index is -4.78. The van der Waals surface area contributed by atoms with Gasteiger partial charge in [-0.1, -0.05) is 0 Å². The van der Waals surface area contributed by atoms with E-state index in [1.807, 2.05) is 15.9 Å². The number of hydrogen-bond acceptors (Lipinski definition) is 8. The Bertz CT molecular complexity index is 1160. The fraction of sp³-hybridized carbons (Fsp3) is 0.318. The Morgan fingerprint density at radius 1 is 1.21 bits per heavy atom. The van der Waals surface area contributed by atoms with Crippen molar-refractivity contribution in [2.75, 3.05) is 36.4 Å². The van der Waals surface area contributed by atoms with Crippen LogP contribution in [0.2, 0.25) is 0 Å². The number of amides is 1. The number of rotatable bonds is 6. The van der Waals surface area contributed by atoms with Gasteiger partial charge in [-0.3, -0.25) is 9.69 Å². The second kappa shape index (κ2) is 9.48. The summed E-state index contributed by atoms with van der Waals surface area (Å²) < 4.78 is 51.7. The molecule has 3 aromatic rings. The molecule has 2 aromatic heterocycles. The third-order valence-corrected chi connectivity index (χ3v) is 5.33. The maximum atomic E-state index is 12.7. The molecule has 0 bridgehead atoms. The molecule has 0 unspecified atom stereocenters. The molecule has 1 aliphatic heterocycles. The van der Waals surface area contributed by atoms with E-state index in [0.717, 1.165) is 12.1 Å². The molecule has 178 valence electrons. The molecule has 0 radical (unpaired) electrons. The van der Waals surface area contributed by atoms with E-state index >= 15 is 0 Å². The second-order valence-corrected chi connectivity index (χ2v) is 7.52. The highest BCUT2D eigenvalue weighted by atomic mass is 19.4. The average molecular weight is 475 g/mol. The highest BCUT2D eigenvalue weighted by Gasteiger charge is 2.31. The van der Waals surface area contributed by atoms with Crippen LogP contribution in [-0.2, 0) is 4.79 Å². The number of nitrogens with zero attached hydrogens (tertiary/aromatic N) is 4. The average Bonchev–Trinajstić information content (AvgIpc) is 3.49. The molecule has 0 saturated carbocycles. The van der Waals surface area contributed by atoms with Crippen LogP contribution < -0.4 is 15.0 Å². The van der Waals surface area contributed by atoms with Crippen molar-refractivity contribution in [2.45, 2.75) is 19.3 Å². The van der Waals surface area contributed by atoms with E-state index in [2.05, 4.69) is 15.0 Å². The number of halogens is 3. The molecular weight excluding hydrogens is 455 g/mol. The van der Waals surface area contributed by atoms with Gasteiger partial charge in [0, 0.05) is 31.9 Å². The van der Waals surface area contributed by atoms with E-state index in [-0.39, 0.29) is 23.2 Å². The van der Waals surface area contributed by atoms with E-state index in [9.17, 15) is 23.2 Å².